The number of hydrogen-bond acceptors (Lipinski definition) is 4. The molecule has 38 heavy (non-hydrogen) atoms. The van der Waals surface area contributed by atoms with Gasteiger partial charge in [0.05, 0.1) is 7.11 Å². The highest BCUT2D eigenvalue weighted by Crippen LogP contribution is 2.26. The maximum atomic E-state index is 10.8. The van der Waals surface area contributed by atoms with Crippen LogP contribution in [0, 0.1) is 0 Å². The summed E-state index contributed by atoms with van der Waals surface area (Å²) < 4.78 is 5.29. The lowest BCUT2D eigenvalue weighted by Gasteiger charge is -2.28. The average Bonchev–Trinajstić information content (AvgIpc) is 2.98. The summed E-state index contributed by atoms with van der Waals surface area (Å²) >= 11 is 0. The van der Waals surface area contributed by atoms with E-state index in [2.05, 4.69) is 97.3 Å². The maximum Gasteiger partial charge on any atom is 0.245 e. The average molecular weight is 514 g/mol. The van der Waals surface area contributed by atoms with Gasteiger partial charge in [-0.2, -0.15) is 0 Å². The molecule has 0 bridgehead atoms. The Morgan fingerprint density at radius 1 is 0.921 bits per heavy atom. The second kappa shape index (κ2) is 17.0. The van der Waals surface area contributed by atoms with Gasteiger partial charge in [0.15, 0.2) is 0 Å². The van der Waals surface area contributed by atoms with E-state index in [1.165, 1.54) is 28.3 Å². The molecule has 5 nitrogen and oxygen atoms in total. The lowest BCUT2D eigenvalue weighted by atomic mass is 9.97. The predicted octanol–water partition coefficient (Wildman–Crippen LogP) is 6.19. The van der Waals surface area contributed by atoms with Gasteiger partial charge in [0.2, 0.25) is 5.91 Å². The third-order valence-corrected chi connectivity index (χ3v) is 6.51. The van der Waals surface area contributed by atoms with E-state index < -0.39 is 0 Å². The molecule has 3 aromatic carbocycles. The Balaban J connectivity index is 0.000000484. The van der Waals surface area contributed by atoms with E-state index in [4.69, 9.17) is 10.5 Å². The molecule has 0 fully saturated rings. The summed E-state index contributed by atoms with van der Waals surface area (Å²) in [6.07, 6.45) is 3.66. The Kier molecular flexibility index (Phi) is 13.6. The summed E-state index contributed by atoms with van der Waals surface area (Å²) in [5.41, 5.74) is 10.9. The molecule has 0 saturated carbocycles. The molecule has 2 N–H and O–H groups in total. The molecule has 0 radical (unpaired) electrons. The zero-order valence-corrected chi connectivity index (χ0v) is 23.3. The molecule has 3 rings (SSSR count). The van der Waals surface area contributed by atoms with Crippen molar-refractivity contribution in [2.45, 2.75) is 26.8 Å². The fourth-order valence-electron chi connectivity index (χ4n) is 4.21. The van der Waals surface area contributed by atoms with E-state index in [0.717, 1.165) is 31.9 Å². The number of nitrogens with two attached hydrogens (primary N) is 1. The molecule has 0 saturated heterocycles. The minimum Gasteiger partial charge on any atom is -0.497 e. The topological polar surface area (TPSA) is 58.8 Å². The molecule has 202 valence electrons. The number of amides is 1. The molecule has 1 atom stereocenters. The highest BCUT2D eigenvalue weighted by Gasteiger charge is 2.15. The molecule has 0 aliphatic carbocycles. The van der Waals surface area contributed by atoms with E-state index in [9.17, 15) is 4.79 Å². The van der Waals surface area contributed by atoms with Crippen LogP contribution in [0.15, 0.2) is 104 Å². The quantitative estimate of drug-likeness (QED) is 0.293. The zero-order chi connectivity index (χ0) is 27.8. The van der Waals surface area contributed by atoms with E-state index in [1.807, 2.05) is 26.0 Å². The molecule has 0 unspecified atom stereocenters. The van der Waals surface area contributed by atoms with Crippen molar-refractivity contribution >= 4 is 11.5 Å². The highest BCUT2D eigenvalue weighted by molar-refractivity contribution is 5.86. The molecule has 0 heterocycles. The summed E-state index contributed by atoms with van der Waals surface area (Å²) in [4.78, 5) is 14.9. The molecule has 3 aromatic rings. The van der Waals surface area contributed by atoms with Gasteiger partial charge in [-0.25, -0.2) is 0 Å². The third-order valence-electron chi connectivity index (χ3n) is 6.51. The van der Waals surface area contributed by atoms with Crippen molar-refractivity contribution in [3.8, 4) is 5.75 Å². The van der Waals surface area contributed by atoms with E-state index >= 15 is 0 Å². The Morgan fingerprint density at radius 3 is 1.84 bits per heavy atom. The van der Waals surface area contributed by atoms with Crippen molar-refractivity contribution in [3.05, 3.63) is 120 Å². The van der Waals surface area contributed by atoms with Crippen molar-refractivity contribution in [2.24, 2.45) is 5.73 Å². The van der Waals surface area contributed by atoms with Crippen LogP contribution in [0.5, 0.6) is 5.75 Å². The monoisotopic (exact) mass is 513 g/mol. The Morgan fingerprint density at radius 2 is 1.45 bits per heavy atom. The van der Waals surface area contributed by atoms with Crippen molar-refractivity contribution in [1.29, 1.82) is 0 Å². The van der Waals surface area contributed by atoms with Crippen LogP contribution in [0.4, 0.5) is 0 Å². The number of carbonyl (C=O) groups is 1. The number of nitrogens with zero attached hydrogens (tertiary/aromatic N) is 2. The molecule has 0 spiro atoms. The first-order valence-corrected chi connectivity index (χ1v) is 13.3. The van der Waals surface area contributed by atoms with E-state index in [-0.39, 0.29) is 11.9 Å². The van der Waals surface area contributed by atoms with Crippen LogP contribution in [-0.4, -0.2) is 55.5 Å². The highest BCUT2D eigenvalue weighted by atomic mass is 16.5. The van der Waals surface area contributed by atoms with Crippen LogP contribution < -0.4 is 10.5 Å². The number of methoxy groups -OCH3 is 1. The van der Waals surface area contributed by atoms with Crippen LogP contribution in [0.25, 0.3) is 5.57 Å². The summed E-state index contributed by atoms with van der Waals surface area (Å²) in [5.74, 6) is 0.890. The van der Waals surface area contributed by atoms with Gasteiger partial charge in [-0.15, -0.1) is 0 Å². The number of ether oxygens (including phenoxy) is 1. The van der Waals surface area contributed by atoms with E-state index in [0.29, 0.717) is 6.54 Å². The predicted molar refractivity (Wildman–Crippen MR) is 160 cm³/mol. The van der Waals surface area contributed by atoms with Gasteiger partial charge in [0.1, 0.15) is 5.75 Å². The molecule has 0 aromatic heterocycles. The fraction of sp³-hybridized carbons (Fsp3) is 0.303. The molecular formula is C33H43N3O2. The van der Waals surface area contributed by atoms with Gasteiger partial charge in [0.25, 0.3) is 0 Å². The lowest BCUT2D eigenvalue weighted by molar-refractivity contribution is -0.125. The maximum absolute atomic E-state index is 10.8. The largest absolute Gasteiger partial charge is 0.497 e. The van der Waals surface area contributed by atoms with Crippen molar-refractivity contribution in [3.63, 3.8) is 0 Å². The number of benzene rings is 3. The Bertz CT molecular complexity index is 1070. The molecular weight excluding hydrogens is 470 g/mol. The van der Waals surface area contributed by atoms with Crippen LogP contribution in [0.3, 0.4) is 0 Å². The van der Waals surface area contributed by atoms with Gasteiger partial charge >= 0.3 is 0 Å². The number of rotatable bonds is 12. The standard InChI is InChI=1S/C26H30N2O.C7H13NO/c1-21(22-13-15-25(29-2)16-14-22)28(20-18-27)19-17-26(23-9-5-3-6-10-23)24-11-7-4-8-12-24;1-4-7(9)8(5-2)6-3/h3-17,21H,18-20,27H2,1-2H3;4H,1,5-6H2,2-3H3/t21-;/m1./s1. The second-order valence-electron chi connectivity index (χ2n) is 8.80. The third kappa shape index (κ3) is 9.33. The molecule has 0 aliphatic heterocycles. The number of carbonyl (C=O) groups excluding carboxylic acids is 1. The zero-order valence-electron chi connectivity index (χ0n) is 23.3. The van der Waals surface area contributed by atoms with Gasteiger partial charge in [-0.05, 0) is 61.2 Å². The number of hydrogen-bond donors (Lipinski definition) is 1. The summed E-state index contributed by atoms with van der Waals surface area (Å²) in [6.45, 7) is 13.3. The summed E-state index contributed by atoms with van der Waals surface area (Å²) in [7, 11) is 1.69. The Labute approximate surface area is 229 Å². The van der Waals surface area contributed by atoms with E-state index in [1.54, 1.807) is 12.0 Å². The van der Waals surface area contributed by atoms with Crippen LogP contribution in [0.2, 0.25) is 0 Å². The number of likely N-dealkylation sites (N-methyl/N-ethyl adjacent to an activating group) is 1. The smallest absolute Gasteiger partial charge is 0.245 e. The van der Waals surface area contributed by atoms with Crippen molar-refractivity contribution in [1.82, 2.24) is 9.80 Å². The van der Waals surface area contributed by atoms with Crippen LogP contribution in [-0.2, 0) is 4.79 Å². The normalized spacial score (nSPS) is 11.1. The van der Waals surface area contributed by atoms with Crippen LogP contribution in [0.1, 0.15) is 43.5 Å². The van der Waals surface area contributed by atoms with Gasteiger partial charge in [-0.3, -0.25) is 9.69 Å². The first-order chi connectivity index (χ1) is 18.5. The molecule has 5 heteroatoms. The SMILES string of the molecule is C=CC(=O)N(CC)CC.COc1ccc([C@@H](C)N(CC=C(c2ccccc2)c2ccccc2)CCN)cc1. The Hall–Kier alpha value is -3.67. The molecule has 1 amide bonds. The first kappa shape index (κ1) is 30.6. The van der Waals surface area contributed by atoms with Crippen LogP contribution >= 0.6 is 0 Å². The van der Waals surface area contributed by atoms with Gasteiger partial charge < -0.3 is 15.4 Å². The lowest BCUT2D eigenvalue weighted by Crippen LogP contribution is -2.32. The summed E-state index contributed by atoms with van der Waals surface area (Å²) in [6, 6.07) is 29.7. The minimum atomic E-state index is 0.0139. The van der Waals surface area contributed by atoms with Crippen molar-refractivity contribution in [2.75, 3.05) is 39.8 Å². The summed E-state index contributed by atoms with van der Waals surface area (Å²) in [5, 5.41) is 0. The van der Waals surface area contributed by atoms with Crippen molar-refractivity contribution < 1.29 is 9.53 Å². The fourth-order valence-corrected chi connectivity index (χ4v) is 4.21. The minimum absolute atomic E-state index is 0.0139. The van der Waals surface area contributed by atoms with Gasteiger partial charge in [-0.1, -0.05) is 85.5 Å². The first-order valence-electron chi connectivity index (χ1n) is 13.3. The van der Waals surface area contributed by atoms with Gasteiger partial charge in [0, 0.05) is 38.8 Å². The second-order valence-corrected chi connectivity index (χ2v) is 8.80. The molecule has 0 aliphatic rings.